The summed E-state index contributed by atoms with van der Waals surface area (Å²) in [6.45, 7) is 1.10. The maximum atomic E-state index is 13.6. The standard InChI is InChI=1S/C15H19FN2O2S/c16-15-2-1-13(10-17)9-14(15)11-18-6-3-12-4-7-21(19,20)8-5-12/h1-2,9,12,18H,3-8,11H2. The largest absolute Gasteiger partial charge is 0.313 e. The lowest BCUT2D eigenvalue weighted by Crippen LogP contribution is -2.26. The van der Waals surface area contributed by atoms with Crippen LogP contribution in [0.5, 0.6) is 0 Å². The van der Waals surface area contributed by atoms with Crippen molar-refractivity contribution in [2.24, 2.45) is 5.92 Å². The van der Waals surface area contributed by atoms with Crippen LogP contribution in [-0.4, -0.2) is 26.5 Å². The Balaban J connectivity index is 1.74. The predicted molar refractivity (Wildman–Crippen MR) is 78.8 cm³/mol. The zero-order valence-electron chi connectivity index (χ0n) is 11.8. The number of benzene rings is 1. The minimum Gasteiger partial charge on any atom is -0.313 e. The molecule has 21 heavy (non-hydrogen) atoms. The number of halogens is 1. The first-order valence-electron chi connectivity index (χ1n) is 7.10. The average Bonchev–Trinajstić information content (AvgIpc) is 2.46. The number of nitrogens with zero attached hydrogens (tertiary/aromatic N) is 1. The summed E-state index contributed by atoms with van der Waals surface area (Å²) in [6.07, 6.45) is 2.35. The van der Waals surface area contributed by atoms with E-state index in [1.54, 1.807) is 6.07 Å². The number of hydrogen-bond donors (Lipinski definition) is 1. The van der Waals surface area contributed by atoms with Crippen LogP contribution in [0.15, 0.2) is 18.2 Å². The molecule has 4 nitrogen and oxygen atoms in total. The van der Waals surface area contributed by atoms with Gasteiger partial charge in [-0.25, -0.2) is 12.8 Å². The summed E-state index contributed by atoms with van der Waals surface area (Å²) in [4.78, 5) is 0. The molecular weight excluding hydrogens is 291 g/mol. The van der Waals surface area contributed by atoms with Gasteiger partial charge in [-0.3, -0.25) is 0 Å². The lowest BCUT2D eigenvalue weighted by molar-refractivity contribution is 0.421. The third-order valence-electron chi connectivity index (χ3n) is 3.89. The van der Waals surface area contributed by atoms with Crippen LogP contribution in [0.3, 0.4) is 0 Å². The molecule has 1 saturated heterocycles. The molecule has 1 aromatic rings. The lowest BCUT2D eigenvalue weighted by Gasteiger charge is -2.21. The highest BCUT2D eigenvalue weighted by Gasteiger charge is 2.22. The van der Waals surface area contributed by atoms with Gasteiger partial charge in [-0.2, -0.15) is 5.26 Å². The third kappa shape index (κ3) is 4.80. The summed E-state index contributed by atoms with van der Waals surface area (Å²) in [7, 11) is -2.80. The Morgan fingerprint density at radius 1 is 1.33 bits per heavy atom. The van der Waals surface area contributed by atoms with E-state index in [0.29, 0.717) is 23.6 Å². The second kappa shape index (κ2) is 7.01. The second-order valence-electron chi connectivity index (χ2n) is 5.48. The van der Waals surface area contributed by atoms with E-state index in [4.69, 9.17) is 5.26 Å². The first-order valence-corrected chi connectivity index (χ1v) is 8.92. The van der Waals surface area contributed by atoms with E-state index in [-0.39, 0.29) is 17.3 Å². The molecule has 0 spiro atoms. The topological polar surface area (TPSA) is 70.0 Å². The third-order valence-corrected chi connectivity index (χ3v) is 5.61. The summed E-state index contributed by atoms with van der Waals surface area (Å²) in [5.41, 5.74) is 0.936. The van der Waals surface area contributed by atoms with E-state index in [1.807, 2.05) is 6.07 Å². The van der Waals surface area contributed by atoms with Gasteiger partial charge in [0.05, 0.1) is 23.1 Å². The van der Waals surface area contributed by atoms with Gasteiger partial charge in [0.25, 0.3) is 0 Å². The van der Waals surface area contributed by atoms with Crippen molar-refractivity contribution in [3.05, 3.63) is 35.1 Å². The molecule has 2 rings (SSSR count). The SMILES string of the molecule is N#Cc1ccc(F)c(CNCCC2CCS(=O)(=O)CC2)c1. The fourth-order valence-electron chi connectivity index (χ4n) is 2.54. The Hall–Kier alpha value is -1.45. The van der Waals surface area contributed by atoms with Crippen molar-refractivity contribution in [1.29, 1.82) is 5.26 Å². The lowest BCUT2D eigenvalue weighted by atomic mass is 9.99. The normalized spacial score (nSPS) is 18.3. The van der Waals surface area contributed by atoms with Crippen LogP contribution in [0.2, 0.25) is 0 Å². The molecule has 6 heteroatoms. The van der Waals surface area contributed by atoms with Gasteiger partial charge in [-0.1, -0.05) is 0 Å². The van der Waals surface area contributed by atoms with Gasteiger partial charge in [0.1, 0.15) is 15.7 Å². The van der Waals surface area contributed by atoms with Gasteiger partial charge in [0.15, 0.2) is 0 Å². The van der Waals surface area contributed by atoms with Crippen LogP contribution in [0, 0.1) is 23.1 Å². The van der Waals surface area contributed by atoms with E-state index in [2.05, 4.69) is 5.32 Å². The summed E-state index contributed by atoms with van der Waals surface area (Å²) < 4.78 is 36.2. The maximum Gasteiger partial charge on any atom is 0.150 e. The van der Waals surface area contributed by atoms with Crippen LogP contribution in [0.25, 0.3) is 0 Å². The van der Waals surface area contributed by atoms with Crippen LogP contribution < -0.4 is 5.32 Å². The zero-order valence-corrected chi connectivity index (χ0v) is 12.6. The summed E-state index contributed by atoms with van der Waals surface area (Å²) in [5.74, 6) is 0.689. The van der Waals surface area contributed by atoms with Crippen molar-refractivity contribution in [3.8, 4) is 6.07 Å². The molecule has 0 aromatic heterocycles. The molecule has 0 radical (unpaired) electrons. The summed E-state index contributed by atoms with van der Waals surface area (Å²) in [5, 5.41) is 12.0. The van der Waals surface area contributed by atoms with Crippen LogP contribution >= 0.6 is 0 Å². The second-order valence-corrected chi connectivity index (χ2v) is 7.78. The predicted octanol–water partition coefficient (Wildman–Crippen LogP) is 2.00. The van der Waals surface area contributed by atoms with Gasteiger partial charge in [0, 0.05) is 12.1 Å². The molecule has 1 aromatic carbocycles. The van der Waals surface area contributed by atoms with E-state index in [0.717, 1.165) is 25.8 Å². The Bertz CT molecular complexity index is 624. The zero-order chi connectivity index (χ0) is 15.3. The molecule has 0 aliphatic carbocycles. The molecule has 1 N–H and O–H groups in total. The Morgan fingerprint density at radius 2 is 2.05 bits per heavy atom. The first kappa shape index (κ1) is 15.9. The van der Waals surface area contributed by atoms with Crippen LogP contribution in [0.4, 0.5) is 4.39 Å². The van der Waals surface area contributed by atoms with Crippen molar-refractivity contribution in [3.63, 3.8) is 0 Å². The van der Waals surface area contributed by atoms with Gasteiger partial charge >= 0.3 is 0 Å². The van der Waals surface area contributed by atoms with Crippen molar-refractivity contribution in [2.45, 2.75) is 25.8 Å². The monoisotopic (exact) mass is 310 g/mol. The van der Waals surface area contributed by atoms with Crippen molar-refractivity contribution in [2.75, 3.05) is 18.1 Å². The van der Waals surface area contributed by atoms with Crippen molar-refractivity contribution >= 4 is 9.84 Å². The Kier molecular flexibility index (Phi) is 5.32. The number of hydrogen-bond acceptors (Lipinski definition) is 4. The highest BCUT2D eigenvalue weighted by molar-refractivity contribution is 7.91. The molecule has 1 fully saturated rings. The molecule has 1 aliphatic rings. The van der Waals surface area contributed by atoms with E-state index < -0.39 is 9.84 Å². The van der Waals surface area contributed by atoms with Gasteiger partial charge in [-0.05, 0) is 49.9 Å². The quantitative estimate of drug-likeness (QED) is 0.845. The van der Waals surface area contributed by atoms with E-state index >= 15 is 0 Å². The molecule has 0 saturated carbocycles. The summed E-state index contributed by atoms with van der Waals surface area (Å²) in [6, 6.07) is 6.31. The van der Waals surface area contributed by atoms with Crippen LogP contribution in [-0.2, 0) is 16.4 Å². The number of nitriles is 1. The molecule has 0 atom stereocenters. The minimum absolute atomic E-state index is 0.288. The fourth-order valence-corrected chi connectivity index (χ4v) is 4.13. The highest BCUT2D eigenvalue weighted by atomic mass is 32.2. The van der Waals surface area contributed by atoms with Gasteiger partial charge < -0.3 is 5.32 Å². The smallest absolute Gasteiger partial charge is 0.150 e. The molecule has 1 aliphatic heterocycles. The number of sulfone groups is 1. The van der Waals surface area contributed by atoms with Gasteiger partial charge in [-0.15, -0.1) is 0 Å². The molecule has 114 valence electrons. The fraction of sp³-hybridized carbons (Fsp3) is 0.533. The van der Waals surface area contributed by atoms with E-state index in [9.17, 15) is 12.8 Å². The average molecular weight is 310 g/mol. The Morgan fingerprint density at radius 3 is 2.71 bits per heavy atom. The van der Waals surface area contributed by atoms with Crippen molar-refractivity contribution in [1.82, 2.24) is 5.32 Å². The van der Waals surface area contributed by atoms with Crippen molar-refractivity contribution < 1.29 is 12.8 Å². The van der Waals surface area contributed by atoms with E-state index in [1.165, 1.54) is 12.1 Å². The van der Waals surface area contributed by atoms with Crippen LogP contribution in [0.1, 0.15) is 30.4 Å². The molecular formula is C15H19FN2O2S. The first-order chi connectivity index (χ1) is 10.00. The number of nitrogens with one attached hydrogen (secondary N) is 1. The maximum absolute atomic E-state index is 13.6. The molecule has 0 bridgehead atoms. The molecule has 0 unspecified atom stereocenters. The highest BCUT2D eigenvalue weighted by Crippen LogP contribution is 2.21. The minimum atomic E-state index is -2.80. The summed E-state index contributed by atoms with van der Waals surface area (Å²) >= 11 is 0. The molecule has 1 heterocycles. The Labute approximate surface area is 124 Å². The molecule has 0 amide bonds. The van der Waals surface area contributed by atoms with Gasteiger partial charge in [0.2, 0.25) is 0 Å². The number of rotatable bonds is 5.